The topological polar surface area (TPSA) is 26.0 Å². The van der Waals surface area contributed by atoms with Gasteiger partial charge >= 0.3 is 0 Å². The molecule has 0 bridgehead atoms. The first-order chi connectivity index (χ1) is 5.20. The van der Waals surface area contributed by atoms with Gasteiger partial charge in [-0.3, -0.25) is 0 Å². The second-order valence-corrected chi connectivity index (χ2v) is 3.76. The fourth-order valence-electron chi connectivity index (χ4n) is 1.69. The summed E-state index contributed by atoms with van der Waals surface area (Å²) in [6.45, 7) is 2.00. The zero-order valence-electron chi connectivity index (χ0n) is 7.22. The lowest BCUT2D eigenvalue weighted by atomic mass is 9.89. The normalized spacial score (nSPS) is 41.2. The van der Waals surface area contributed by atoms with E-state index in [1.54, 1.807) is 0 Å². The minimum Gasteiger partial charge on any atom is -0.328 e. The van der Waals surface area contributed by atoms with Crippen LogP contribution in [-0.4, -0.2) is 12.2 Å². The smallest absolute Gasteiger partial charge is 0.103 e. The lowest BCUT2D eigenvalue weighted by molar-refractivity contribution is 0.192. The van der Waals surface area contributed by atoms with E-state index < -0.39 is 6.17 Å². The highest BCUT2D eigenvalue weighted by molar-refractivity contribution is 4.73. The molecule has 0 aromatic rings. The molecule has 0 unspecified atom stereocenters. The number of rotatable bonds is 0. The minimum atomic E-state index is -0.610. The minimum absolute atomic E-state index is 0.251. The first kappa shape index (κ1) is 8.98. The third kappa shape index (κ3) is 2.78. The molecular weight excluding hydrogens is 141 g/mol. The Morgan fingerprint density at radius 2 is 1.91 bits per heavy atom. The molecule has 1 saturated carbocycles. The van der Waals surface area contributed by atoms with Crippen molar-refractivity contribution >= 4 is 0 Å². The van der Waals surface area contributed by atoms with Gasteiger partial charge in [-0.2, -0.15) is 0 Å². The summed E-state index contributed by atoms with van der Waals surface area (Å²) in [5, 5.41) is 0. The maximum absolute atomic E-state index is 13.1. The predicted molar refractivity (Wildman–Crippen MR) is 45.1 cm³/mol. The van der Waals surface area contributed by atoms with Gasteiger partial charge in [0.25, 0.3) is 0 Å². The summed E-state index contributed by atoms with van der Waals surface area (Å²) in [6, 6.07) is 0.251. The van der Waals surface area contributed by atoms with E-state index in [9.17, 15) is 4.39 Å². The summed E-state index contributed by atoms with van der Waals surface area (Å²) in [7, 11) is 0. The van der Waals surface area contributed by atoms with Crippen LogP contribution in [0, 0.1) is 5.92 Å². The zero-order valence-corrected chi connectivity index (χ0v) is 7.22. The van der Waals surface area contributed by atoms with Crippen molar-refractivity contribution in [1.82, 2.24) is 0 Å². The van der Waals surface area contributed by atoms with E-state index in [-0.39, 0.29) is 12.0 Å². The van der Waals surface area contributed by atoms with E-state index in [4.69, 9.17) is 5.73 Å². The molecule has 0 saturated heterocycles. The van der Waals surface area contributed by atoms with Crippen molar-refractivity contribution in [3.05, 3.63) is 0 Å². The number of halogens is 1. The Hall–Kier alpha value is -0.110. The highest BCUT2D eigenvalue weighted by Gasteiger charge is 2.20. The van der Waals surface area contributed by atoms with E-state index >= 15 is 0 Å². The van der Waals surface area contributed by atoms with Crippen LogP contribution in [0.15, 0.2) is 0 Å². The largest absolute Gasteiger partial charge is 0.328 e. The third-order valence-electron chi connectivity index (χ3n) is 2.67. The van der Waals surface area contributed by atoms with Crippen molar-refractivity contribution < 1.29 is 4.39 Å². The van der Waals surface area contributed by atoms with Gasteiger partial charge in [-0.15, -0.1) is 0 Å². The average Bonchev–Trinajstić information content (AvgIpc) is 1.98. The van der Waals surface area contributed by atoms with Crippen LogP contribution in [0.4, 0.5) is 4.39 Å². The monoisotopic (exact) mass is 159 g/mol. The van der Waals surface area contributed by atoms with Crippen LogP contribution in [0.1, 0.15) is 39.0 Å². The van der Waals surface area contributed by atoms with Crippen LogP contribution in [-0.2, 0) is 0 Å². The summed E-state index contributed by atoms with van der Waals surface area (Å²) < 4.78 is 13.1. The Bertz CT molecular complexity index is 116. The Kier molecular flexibility index (Phi) is 3.31. The van der Waals surface area contributed by atoms with Gasteiger partial charge in [0.2, 0.25) is 0 Å². The number of hydrogen-bond acceptors (Lipinski definition) is 1. The van der Waals surface area contributed by atoms with Crippen LogP contribution in [0.25, 0.3) is 0 Å². The van der Waals surface area contributed by atoms with Gasteiger partial charge in [0.05, 0.1) is 0 Å². The van der Waals surface area contributed by atoms with E-state index in [0.29, 0.717) is 6.42 Å². The molecule has 0 radical (unpaired) electrons. The molecule has 1 fully saturated rings. The summed E-state index contributed by atoms with van der Waals surface area (Å²) in [5.41, 5.74) is 5.75. The van der Waals surface area contributed by atoms with Crippen molar-refractivity contribution in [3.63, 3.8) is 0 Å². The van der Waals surface area contributed by atoms with E-state index in [0.717, 1.165) is 25.7 Å². The molecule has 2 N–H and O–H groups in total. The lowest BCUT2D eigenvalue weighted by Crippen LogP contribution is -2.26. The van der Waals surface area contributed by atoms with Crippen molar-refractivity contribution in [3.8, 4) is 0 Å². The molecular formula is C9H18FN. The molecule has 0 aliphatic heterocycles. The first-order valence-corrected chi connectivity index (χ1v) is 4.60. The standard InChI is InChI=1S/C9H18FN/c1-7-3-2-4-8(11)5-6-9(7)10/h7-9H,2-6,11H2,1H3/t7-,8+,9+/m1/s1. The van der Waals surface area contributed by atoms with Gasteiger partial charge in [0, 0.05) is 6.04 Å². The van der Waals surface area contributed by atoms with Gasteiger partial charge in [-0.1, -0.05) is 13.3 Å². The van der Waals surface area contributed by atoms with Crippen molar-refractivity contribution in [2.24, 2.45) is 11.7 Å². The SMILES string of the molecule is C[C@@H]1CCC[C@H](N)CC[C@@H]1F. The van der Waals surface area contributed by atoms with Crippen LogP contribution in [0.5, 0.6) is 0 Å². The fourth-order valence-corrected chi connectivity index (χ4v) is 1.69. The highest BCUT2D eigenvalue weighted by atomic mass is 19.1. The molecule has 0 amide bonds. The van der Waals surface area contributed by atoms with Crippen molar-refractivity contribution in [2.45, 2.75) is 51.2 Å². The van der Waals surface area contributed by atoms with Crippen molar-refractivity contribution in [1.29, 1.82) is 0 Å². The van der Waals surface area contributed by atoms with Gasteiger partial charge in [0.1, 0.15) is 6.17 Å². The Balaban J connectivity index is 2.34. The maximum Gasteiger partial charge on any atom is 0.103 e. The maximum atomic E-state index is 13.1. The lowest BCUT2D eigenvalue weighted by Gasteiger charge is -2.22. The molecule has 2 heteroatoms. The zero-order chi connectivity index (χ0) is 8.27. The molecule has 1 aliphatic rings. The number of nitrogens with two attached hydrogens (primary N) is 1. The number of alkyl halides is 1. The van der Waals surface area contributed by atoms with Crippen molar-refractivity contribution in [2.75, 3.05) is 0 Å². The molecule has 1 aliphatic carbocycles. The van der Waals surface area contributed by atoms with Gasteiger partial charge < -0.3 is 5.73 Å². The van der Waals surface area contributed by atoms with Crippen LogP contribution < -0.4 is 5.73 Å². The molecule has 1 rings (SSSR count). The second-order valence-electron chi connectivity index (χ2n) is 3.76. The van der Waals surface area contributed by atoms with E-state index in [1.807, 2.05) is 6.92 Å². The molecule has 0 spiro atoms. The van der Waals surface area contributed by atoms with Crippen LogP contribution >= 0.6 is 0 Å². The third-order valence-corrected chi connectivity index (χ3v) is 2.67. The summed E-state index contributed by atoms with van der Waals surface area (Å²) >= 11 is 0. The predicted octanol–water partition coefficient (Wildman–Crippen LogP) is 2.25. The summed E-state index contributed by atoms with van der Waals surface area (Å²) in [5.74, 6) is 0.252. The second kappa shape index (κ2) is 4.05. The molecule has 3 atom stereocenters. The van der Waals surface area contributed by atoms with Crippen LogP contribution in [0.2, 0.25) is 0 Å². The highest BCUT2D eigenvalue weighted by Crippen LogP contribution is 2.23. The van der Waals surface area contributed by atoms with Crippen LogP contribution in [0.3, 0.4) is 0 Å². The van der Waals surface area contributed by atoms with Gasteiger partial charge in [-0.05, 0) is 31.6 Å². The molecule has 0 aromatic carbocycles. The quantitative estimate of drug-likeness (QED) is 0.576. The molecule has 0 aromatic heterocycles. The summed E-state index contributed by atoms with van der Waals surface area (Å²) in [4.78, 5) is 0. The Labute approximate surface area is 68.2 Å². The average molecular weight is 159 g/mol. The van der Waals surface area contributed by atoms with E-state index in [1.165, 1.54) is 0 Å². The fraction of sp³-hybridized carbons (Fsp3) is 1.00. The Morgan fingerprint density at radius 1 is 1.18 bits per heavy atom. The molecule has 1 nitrogen and oxygen atoms in total. The van der Waals surface area contributed by atoms with Gasteiger partial charge in [0.15, 0.2) is 0 Å². The molecule has 66 valence electrons. The molecule has 11 heavy (non-hydrogen) atoms. The molecule has 0 heterocycles. The van der Waals surface area contributed by atoms with E-state index in [2.05, 4.69) is 0 Å². The van der Waals surface area contributed by atoms with Gasteiger partial charge in [-0.25, -0.2) is 4.39 Å². The summed E-state index contributed by atoms with van der Waals surface area (Å²) in [6.07, 6.45) is 4.11. The Morgan fingerprint density at radius 3 is 2.64 bits per heavy atom. The number of hydrogen-bond donors (Lipinski definition) is 1. The first-order valence-electron chi connectivity index (χ1n) is 4.60.